The monoisotopic (exact) mass is 175 g/mol. The van der Waals surface area contributed by atoms with E-state index in [1.807, 2.05) is 12.3 Å². The summed E-state index contributed by atoms with van der Waals surface area (Å²) in [7, 11) is 0. The van der Waals surface area contributed by atoms with Crippen LogP contribution in [0.2, 0.25) is 0 Å². The Hall–Kier alpha value is -1.27. The van der Waals surface area contributed by atoms with Crippen molar-refractivity contribution in [3.63, 3.8) is 0 Å². The van der Waals surface area contributed by atoms with Crippen molar-refractivity contribution >= 4 is 0 Å². The van der Waals surface area contributed by atoms with Gasteiger partial charge in [-0.25, -0.2) is 0 Å². The first-order valence-corrected chi connectivity index (χ1v) is 4.57. The Morgan fingerprint density at radius 2 is 2.54 bits per heavy atom. The van der Waals surface area contributed by atoms with E-state index < -0.39 is 0 Å². The average Bonchev–Trinajstić information content (AvgIpc) is 2.85. The number of nitrogens with zero attached hydrogens (tertiary/aromatic N) is 2. The predicted octanol–water partition coefficient (Wildman–Crippen LogP) is 0.768. The number of rotatable bonds is 4. The first-order chi connectivity index (χ1) is 6.38. The molecule has 0 amide bonds. The Balaban J connectivity index is 1.85. The van der Waals surface area contributed by atoms with E-state index in [1.54, 1.807) is 4.68 Å². The summed E-state index contributed by atoms with van der Waals surface area (Å²) in [5.74, 6) is 2.55. The minimum Gasteiger partial charge on any atom is -0.308 e. The lowest BCUT2D eigenvalue weighted by molar-refractivity contribution is 0.641. The summed E-state index contributed by atoms with van der Waals surface area (Å²) in [6, 6.07) is 2.74. The van der Waals surface area contributed by atoms with Gasteiger partial charge in [-0.2, -0.15) is 5.10 Å². The third-order valence-electron chi connectivity index (χ3n) is 2.10. The largest absolute Gasteiger partial charge is 0.308 e. The van der Waals surface area contributed by atoms with Crippen LogP contribution in [-0.2, 0) is 13.1 Å². The highest BCUT2D eigenvalue weighted by atomic mass is 15.3. The van der Waals surface area contributed by atoms with Gasteiger partial charge in [0.2, 0.25) is 0 Å². The van der Waals surface area contributed by atoms with Crippen LogP contribution in [-0.4, -0.2) is 15.8 Å². The highest BCUT2D eigenvalue weighted by Crippen LogP contribution is 2.18. The number of hydrogen-bond acceptors (Lipinski definition) is 2. The topological polar surface area (TPSA) is 29.9 Å². The van der Waals surface area contributed by atoms with Crippen LogP contribution in [0.1, 0.15) is 18.5 Å². The van der Waals surface area contributed by atoms with E-state index >= 15 is 0 Å². The fourth-order valence-electron chi connectivity index (χ4n) is 1.22. The van der Waals surface area contributed by atoms with Gasteiger partial charge in [-0.1, -0.05) is 5.92 Å². The summed E-state index contributed by atoms with van der Waals surface area (Å²) in [5, 5.41) is 7.71. The maximum absolute atomic E-state index is 5.18. The second-order valence-electron chi connectivity index (χ2n) is 3.36. The van der Waals surface area contributed by atoms with Gasteiger partial charge in [-0.05, 0) is 18.9 Å². The molecule has 0 atom stereocenters. The standard InChI is InChI=1S/C10H13N3/c1-2-6-13-7-5-10(12-13)8-11-9-3-4-9/h1,5,7,9,11H,3-4,6,8H2. The summed E-state index contributed by atoms with van der Waals surface area (Å²) in [4.78, 5) is 0. The zero-order chi connectivity index (χ0) is 9.10. The molecule has 2 rings (SSSR count). The minimum absolute atomic E-state index is 0.559. The first kappa shape index (κ1) is 8.33. The van der Waals surface area contributed by atoms with E-state index in [9.17, 15) is 0 Å². The molecular formula is C10H13N3. The molecule has 0 aromatic carbocycles. The summed E-state index contributed by atoms with van der Waals surface area (Å²) in [6.07, 6.45) is 9.72. The van der Waals surface area contributed by atoms with Gasteiger partial charge < -0.3 is 5.32 Å². The zero-order valence-electron chi connectivity index (χ0n) is 7.53. The van der Waals surface area contributed by atoms with E-state index in [2.05, 4.69) is 16.3 Å². The Kier molecular flexibility index (Phi) is 2.33. The molecule has 1 aliphatic rings. The Morgan fingerprint density at radius 3 is 3.23 bits per heavy atom. The normalized spacial score (nSPS) is 15.6. The van der Waals surface area contributed by atoms with Crippen LogP contribution >= 0.6 is 0 Å². The predicted molar refractivity (Wildman–Crippen MR) is 50.9 cm³/mol. The van der Waals surface area contributed by atoms with E-state index in [0.717, 1.165) is 18.3 Å². The molecule has 3 nitrogen and oxygen atoms in total. The Bertz CT molecular complexity index is 317. The molecule has 1 N–H and O–H groups in total. The molecule has 1 fully saturated rings. The lowest BCUT2D eigenvalue weighted by Gasteiger charge is -1.97. The molecule has 0 radical (unpaired) electrons. The van der Waals surface area contributed by atoms with Gasteiger partial charge in [0.15, 0.2) is 0 Å². The molecule has 68 valence electrons. The van der Waals surface area contributed by atoms with Gasteiger partial charge in [0.1, 0.15) is 6.54 Å². The fraction of sp³-hybridized carbons (Fsp3) is 0.500. The van der Waals surface area contributed by atoms with E-state index in [0.29, 0.717) is 6.54 Å². The molecule has 3 heteroatoms. The molecule has 1 aliphatic carbocycles. The molecule has 1 saturated carbocycles. The molecular weight excluding hydrogens is 162 g/mol. The van der Waals surface area contributed by atoms with Crippen molar-refractivity contribution in [3.05, 3.63) is 18.0 Å². The van der Waals surface area contributed by atoms with Crippen LogP contribution in [0.4, 0.5) is 0 Å². The first-order valence-electron chi connectivity index (χ1n) is 4.57. The lowest BCUT2D eigenvalue weighted by atomic mass is 10.4. The van der Waals surface area contributed by atoms with Gasteiger partial charge in [0, 0.05) is 18.8 Å². The van der Waals surface area contributed by atoms with E-state index in [1.165, 1.54) is 12.8 Å². The Morgan fingerprint density at radius 1 is 1.69 bits per heavy atom. The van der Waals surface area contributed by atoms with E-state index in [4.69, 9.17) is 6.42 Å². The van der Waals surface area contributed by atoms with Crippen LogP contribution in [0.5, 0.6) is 0 Å². The summed E-state index contributed by atoms with van der Waals surface area (Å²) >= 11 is 0. The van der Waals surface area contributed by atoms with Gasteiger partial charge in [-0.15, -0.1) is 6.42 Å². The summed E-state index contributed by atoms with van der Waals surface area (Å²) in [6.45, 7) is 1.42. The molecule has 0 spiro atoms. The van der Waals surface area contributed by atoms with Crippen molar-refractivity contribution in [2.24, 2.45) is 0 Å². The minimum atomic E-state index is 0.559. The Labute approximate surface area is 78.1 Å². The maximum Gasteiger partial charge on any atom is 0.101 e. The molecule has 0 bridgehead atoms. The molecule has 0 aliphatic heterocycles. The number of terminal acetylenes is 1. The SMILES string of the molecule is C#CCn1ccc(CNC2CC2)n1. The lowest BCUT2D eigenvalue weighted by Crippen LogP contribution is -2.15. The highest BCUT2D eigenvalue weighted by molar-refractivity contribution is 5.01. The van der Waals surface area contributed by atoms with Crippen LogP contribution in [0.3, 0.4) is 0 Å². The number of nitrogens with one attached hydrogen (secondary N) is 1. The third-order valence-corrected chi connectivity index (χ3v) is 2.10. The third kappa shape index (κ3) is 2.33. The van der Waals surface area contributed by atoms with Crippen molar-refractivity contribution < 1.29 is 0 Å². The van der Waals surface area contributed by atoms with E-state index in [-0.39, 0.29) is 0 Å². The molecule has 13 heavy (non-hydrogen) atoms. The van der Waals surface area contributed by atoms with Crippen molar-refractivity contribution in [1.29, 1.82) is 0 Å². The second-order valence-corrected chi connectivity index (χ2v) is 3.36. The average molecular weight is 175 g/mol. The van der Waals surface area contributed by atoms with Crippen molar-refractivity contribution in [2.75, 3.05) is 0 Å². The van der Waals surface area contributed by atoms with Gasteiger partial charge in [-0.3, -0.25) is 4.68 Å². The zero-order valence-corrected chi connectivity index (χ0v) is 7.53. The summed E-state index contributed by atoms with van der Waals surface area (Å²) in [5.41, 5.74) is 1.07. The van der Waals surface area contributed by atoms with Gasteiger partial charge in [0.05, 0.1) is 5.69 Å². The van der Waals surface area contributed by atoms with Gasteiger partial charge >= 0.3 is 0 Å². The van der Waals surface area contributed by atoms with Crippen LogP contribution < -0.4 is 5.32 Å². The maximum atomic E-state index is 5.18. The molecule has 0 saturated heterocycles. The van der Waals surface area contributed by atoms with Crippen LogP contribution in [0, 0.1) is 12.3 Å². The smallest absolute Gasteiger partial charge is 0.101 e. The van der Waals surface area contributed by atoms with Crippen LogP contribution in [0.25, 0.3) is 0 Å². The van der Waals surface area contributed by atoms with Crippen molar-refractivity contribution in [2.45, 2.75) is 32.0 Å². The van der Waals surface area contributed by atoms with Crippen LogP contribution in [0.15, 0.2) is 12.3 Å². The summed E-state index contributed by atoms with van der Waals surface area (Å²) < 4.78 is 1.78. The molecule has 0 unspecified atom stereocenters. The molecule has 1 aromatic heterocycles. The molecule has 1 heterocycles. The number of aromatic nitrogens is 2. The quantitative estimate of drug-likeness (QED) is 0.685. The second kappa shape index (κ2) is 3.63. The molecule has 1 aromatic rings. The highest BCUT2D eigenvalue weighted by Gasteiger charge is 2.20. The van der Waals surface area contributed by atoms with Gasteiger partial charge in [0.25, 0.3) is 0 Å². The van der Waals surface area contributed by atoms with Crippen molar-refractivity contribution in [1.82, 2.24) is 15.1 Å². The fourth-order valence-corrected chi connectivity index (χ4v) is 1.22. The number of hydrogen-bond donors (Lipinski definition) is 1. The van der Waals surface area contributed by atoms with Crippen molar-refractivity contribution in [3.8, 4) is 12.3 Å².